The largest absolute Gasteiger partial charge is 0.336 e. The number of ketones is 1. The van der Waals surface area contributed by atoms with E-state index in [9.17, 15) is 14.0 Å². The fraction of sp³-hybridized carbons (Fsp3) is 0.364. The Morgan fingerprint density at radius 1 is 0.889 bits per heavy atom. The zero-order valence-corrected chi connectivity index (χ0v) is 15.8. The number of benzene rings is 2. The van der Waals surface area contributed by atoms with E-state index in [0.717, 1.165) is 5.56 Å². The van der Waals surface area contributed by atoms with Crippen molar-refractivity contribution in [3.8, 4) is 0 Å². The number of nitrogens with zero attached hydrogens (tertiary/aromatic N) is 2. The molecule has 2 aromatic carbocycles. The Balaban J connectivity index is 1.52. The van der Waals surface area contributed by atoms with Gasteiger partial charge in [-0.05, 0) is 35.7 Å². The molecule has 27 heavy (non-hydrogen) atoms. The first kappa shape index (κ1) is 19.2. The molecule has 0 aliphatic carbocycles. The molecular formula is C22H25FN2O2. The standard InChI is InChI=1S/C22H25FN2O2/c1-16(2)17-3-5-18(6-4-17)21(26)15-24-11-13-25(14-12-24)22(27)19-7-9-20(23)10-8-19/h3-10,16H,11-15H2,1-2H3. The summed E-state index contributed by atoms with van der Waals surface area (Å²) in [6.45, 7) is 7.06. The second-order valence-electron chi connectivity index (χ2n) is 7.28. The first-order chi connectivity index (χ1) is 12.9. The number of hydrogen-bond donors (Lipinski definition) is 0. The van der Waals surface area contributed by atoms with Crippen LogP contribution in [0, 0.1) is 5.82 Å². The Kier molecular flexibility index (Phi) is 6.01. The SMILES string of the molecule is CC(C)c1ccc(C(=O)CN2CCN(C(=O)c3ccc(F)cc3)CC2)cc1. The van der Waals surface area contributed by atoms with Gasteiger partial charge in [-0.3, -0.25) is 14.5 Å². The van der Waals surface area contributed by atoms with Crippen molar-refractivity contribution in [3.05, 3.63) is 71.0 Å². The van der Waals surface area contributed by atoms with E-state index in [4.69, 9.17) is 0 Å². The maximum Gasteiger partial charge on any atom is 0.253 e. The normalized spacial score (nSPS) is 15.2. The monoisotopic (exact) mass is 368 g/mol. The summed E-state index contributed by atoms with van der Waals surface area (Å²) in [5.74, 6) is 0.103. The van der Waals surface area contributed by atoms with Crippen molar-refractivity contribution in [2.24, 2.45) is 0 Å². The van der Waals surface area contributed by atoms with E-state index < -0.39 is 0 Å². The van der Waals surface area contributed by atoms with Gasteiger partial charge in [0.1, 0.15) is 5.82 Å². The lowest BCUT2D eigenvalue weighted by Crippen LogP contribution is -2.49. The smallest absolute Gasteiger partial charge is 0.253 e. The summed E-state index contributed by atoms with van der Waals surface area (Å²) in [5, 5.41) is 0. The second-order valence-corrected chi connectivity index (χ2v) is 7.28. The number of amides is 1. The Hall–Kier alpha value is -2.53. The van der Waals surface area contributed by atoms with Crippen LogP contribution in [0.4, 0.5) is 4.39 Å². The molecule has 0 spiro atoms. The average Bonchev–Trinajstić information content (AvgIpc) is 2.68. The van der Waals surface area contributed by atoms with Crippen molar-refractivity contribution in [2.45, 2.75) is 19.8 Å². The minimum atomic E-state index is -0.351. The third-order valence-corrected chi connectivity index (χ3v) is 5.02. The van der Waals surface area contributed by atoms with Crippen molar-refractivity contribution < 1.29 is 14.0 Å². The average molecular weight is 368 g/mol. The van der Waals surface area contributed by atoms with Gasteiger partial charge >= 0.3 is 0 Å². The molecule has 1 aliphatic rings. The number of hydrogen-bond acceptors (Lipinski definition) is 3. The number of Topliss-reactive ketones (excluding diaryl/α,β-unsaturated/α-hetero) is 1. The fourth-order valence-electron chi connectivity index (χ4n) is 3.23. The number of piperazine rings is 1. The highest BCUT2D eigenvalue weighted by molar-refractivity contribution is 5.97. The minimum absolute atomic E-state index is 0.0924. The molecule has 0 aromatic heterocycles. The van der Waals surface area contributed by atoms with Crippen LogP contribution in [0.15, 0.2) is 48.5 Å². The summed E-state index contributed by atoms with van der Waals surface area (Å²) in [4.78, 5) is 28.8. The van der Waals surface area contributed by atoms with Crippen LogP contribution in [0.3, 0.4) is 0 Å². The maximum atomic E-state index is 13.0. The van der Waals surface area contributed by atoms with E-state index in [1.165, 1.54) is 29.8 Å². The van der Waals surface area contributed by atoms with E-state index in [-0.39, 0.29) is 17.5 Å². The van der Waals surface area contributed by atoms with Crippen LogP contribution in [0.2, 0.25) is 0 Å². The van der Waals surface area contributed by atoms with Gasteiger partial charge in [-0.1, -0.05) is 38.1 Å². The van der Waals surface area contributed by atoms with Gasteiger partial charge in [-0.25, -0.2) is 4.39 Å². The zero-order chi connectivity index (χ0) is 19.4. The first-order valence-corrected chi connectivity index (χ1v) is 9.34. The summed E-state index contributed by atoms with van der Waals surface area (Å²) in [6, 6.07) is 13.4. The van der Waals surface area contributed by atoms with Crippen molar-refractivity contribution in [1.82, 2.24) is 9.80 Å². The summed E-state index contributed by atoms with van der Waals surface area (Å²) in [6.07, 6.45) is 0. The lowest BCUT2D eigenvalue weighted by atomic mass is 10.0. The topological polar surface area (TPSA) is 40.6 Å². The first-order valence-electron chi connectivity index (χ1n) is 9.34. The molecule has 4 nitrogen and oxygen atoms in total. The predicted octanol–water partition coefficient (Wildman–Crippen LogP) is 3.59. The van der Waals surface area contributed by atoms with Gasteiger partial charge in [0.05, 0.1) is 6.54 Å². The highest BCUT2D eigenvalue weighted by Gasteiger charge is 2.23. The van der Waals surface area contributed by atoms with E-state index in [0.29, 0.717) is 44.2 Å². The Morgan fingerprint density at radius 3 is 2.00 bits per heavy atom. The van der Waals surface area contributed by atoms with Gasteiger partial charge in [-0.2, -0.15) is 0 Å². The second kappa shape index (κ2) is 8.44. The number of carbonyl (C=O) groups is 2. The van der Waals surface area contributed by atoms with Gasteiger partial charge in [0.15, 0.2) is 5.78 Å². The molecule has 3 rings (SSSR count). The summed E-state index contributed by atoms with van der Waals surface area (Å²) < 4.78 is 13.0. The van der Waals surface area contributed by atoms with Gasteiger partial charge in [0.25, 0.3) is 5.91 Å². The molecule has 1 amide bonds. The van der Waals surface area contributed by atoms with E-state index >= 15 is 0 Å². The van der Waals surface area contributed by atoms with Crippen LogP contribution in [0.1, 0.15) is 46.0 Å². The molecule has 5 heteroatoms. The van der Waals surface area contributed by atoms with E-state index in [1.807, 2.05) is 24.3 Å². The molecule has 0 atom stereocenters. The molecule has 0 bridgehead atoms. The molecule has 0 saturated carbocycles. The minimum Gasteiger partial charge on any atom is -0.336 e. The van der Waals surface area contributed by atoms with Crippen LogP contribution in [0.25, 0.3) is 0 Å². The van der Waals surface area contributed by atoms with Gasteiger partial charge in [0.2, 0.25) is 0 Å². The summed E-state index contributed by atoms with van der Waals surface area (Å²) in [5.41, 5.74) is 2.44. The maximum absolute atomic E-state index is 13.0. The molecule has 0 unspecified atom stereocenters. The molecular weight excluding hydrogens is 343 g/mol. The molecule has 2 aromatic rings. The summed E-state index contributed by atoms with van der Waals surface area (Å²) in [7, 11) is 0. The van der Waals surface area contributed by atoms with Crippen LogP contribution in [-0.4, -0.2) is 54.2 Å². The van der Waals surface area contributed by atoms with Crippen molar-refractivity contribution in [1.29, 1.82) is 0 Å². The lowest BCUT2D eigenvalue weighted by Gasteiger charge is -2.34. The highest BCUT2D eigenvalue weighted by Crippen LogP contribution is 2.16. The number of halogens is 1. The lowest BCUT2D eigenvalue weighted by molar-refractivity contribution is 0.0624. The predicted molar refractivity (Wildman–Crippen MR) is 104 cm³/mol. The molecule has 0 N–H and O–H groups in total. The Bertz CT molecular complexity index is 792. The molecule has 0 radical (unpaired) electrons. The van der Waals surface area contributed by atoms with E-state index in [1.54, 1.807) is 4.90 Å². The van der Waals surface area contributed by atoms with Crippen LogP contribution >= 0.6 is 0 Å². The van der Waals surface area contributed by atoms with Gasteiger partial charge in [0, 0.05) is 37.3 Å². The van der Waals surface area contributed by atoms with Crippen LogP contribution < -0.4 is 0 Å². The van der Waals surface area contributed by atoms with Gasteiger partial charge in [-0.15, -0.1) is 0 Å². The quantitative estimate of drug-likeness (QED) is 0.758. The molecule has 1 aliphatic heterocycles. The number of carbonyl (C=O) groups excluding carboxylic acids is 2. The molecule has 142 valence electrons. The Labute approximate surface area is 159 Å². The van der Waals surface area contributed by atoms with Crippen molar-refractivity contribution in [3.63, 3.8) is 0 Å². The zero-order valence-electron chi connectivity index (χ0n) is 15.8. The van der Waals surface area contributed by atoms with Crippen molar-refractivity contribution >= 4 is 11.7 Å². The highest BCUT2D eigenvalue weighted by atomic mass is 19.1. The van der Waals surface area contributed by atoms with Crippen LogP contribution in [-0.2, 0) is 0 Å². The molecule has 1 fully saturated rings. The molecule has 1 heterocycles. The number of rotatable bonds is 5. The third-order valence-electron chi connectivity index (χ3n) is 5.02. The third kappa shape index (κ3) is 4.80. The van der Waals surface area contributed by atoms with Gasteiger partial charge < -0.3 is 4.90 Å². The fourth-order valence-corrected chi connectivity index (χ4v) is 3.23. The summed E-state index contributed by atoms with van der Waals surface area (Å²) >= 11 is 0. The van der Waals surface area contributed by atoms with Crippen molar-refractivity contribution in [2.75, 3.05) is 32.7 Å². The Morgan fingerprint density at radius 2 is 1.44 bits per heavy atom. The van der Waals surface area contributed by atoms with E-state index in [2.05, 4.69) is 18.7 Å². The molecule has 1 saturated heterocycles. The van der Waals surface area contributed by atoms with Crippen LogP contribution in [0.5, 0.6) is 0 Å².